The molecule has 1 N–H and O–H groups in total. The van der Waals surface area contributed by atoms with E-state index < -0.39 is 0 Å². The van der Waals surface area contributed by atoms with E-state index in [0.29, 0.717) is 58.1 Å². The second kappa shape index (κ2) is 12.3. The number of hydrogen-bond donors (Lipinski definition) is 1. The van der Waals surface area contributed by atoms with Crippen molar-refractivity contribution >= 4 is 46.5 Å². The summed E-state index contributed by atoms with van der Waals surface area (Å²) in [5, 5.41) is 4.49. The van der Waals surface area contributed by atoms with Crippen LogP contribution in [-0.2, 0) is 11.3 Å². The monoisotopic (exact) mass is 627 g/mol. The van der Waals surface area contributed by atoms with Gasteiger partial charge in [-0.3, -0.25) is 14.3 Å². The van der Waals surface area contributed by atoms with E-state index in [4.69, 9.17) is 49.3 Å². The van der Waals surface area contributed by atoms with E-state index in [1.165, 1.54) is 0 Å². The van der Waals surface area contributed by atoms with Crippen LogP contribution in [0.2, 0.25) is 15.2 Å². The number of aromatic nitrogens is 4. The summed E-state index contributed by atoms with van der Waals surface area (Å²) in [5.74, 6) is 2.36. The highest BCUT2D eigenvalue weighted by Crippen LogP contribution is 2.34. The van der Waals surface area contributed by atoms with Gasteiger partial charge >= 0.3 is 0 Å². The van der Waals surface area contributed by atoms with Crippen molar-refractivity contribution in [3.63, 3.8) is 0 Å². The minimum atomic E-state index is -0.224. The molecule has 2 aliphatic heterocycles. The van der Waals surface area contributed by atoms with Crippen LogP contribution in [0.1, 0.15) is 30.5 Å². The fourth-order valence-electron chi connectivity index (χ4n) is 5.25. The third-order valence-corrected chi connectivity index (χ3v) is 8.28. The first-order valence-corrected chi connectivity index (χ1v) is 14.6. The van der Waals surface area contributed by atoms with Crippen LogP contribution in [0.4, 0.5) is 5.82 Å². The summed E-state index contributed by atoms with van der Waals surface area (Å²) in [4.78, 5) is 31.1. The Morgan fingerprint density at radius 3 is 2.71 bits per heavy atom. The molecule has 10 nitrogen and oxygen atoms in total. The number of fused-ring (bicyclic) bond motifs is 1. The van der Waals surface area contributed by atoms with E-state index in [2.05, 4.69) is 25.1 Å². The van der Waals surface area contributed by atoms with Gasteiger partial charge in [0.25, 0.3) is 0 Å². The molecule has 13 heteroatoms. The maximum atomic E-state index is 13.5. The van der Waals surface area contributed by atoms with Crippen LogP contribution < -0.4 is 19.7 Å². The number of hydrogen-bond acceptors (Lipinski definition) is 8. The summed E-state index contributed by atoms with van der Waals surface area (Å²) in [7, 11) is 0. The van der Waals surface area contributed by atoms with Gasteiger partial charge in [0.05, 0.1) is 22.1 Å². The lowest BCUT2D eigenvalue weighted by Gasteiger charge is -2.42. The molecule has 2 aromatic carbocycles. The summed E-state index contributed by atoms with van der Waals surface area (Å²) in [6, 6.07) is 12.7. The number of halogens is 3. The predicted octanol–water partition coefficient (Wildman–Crippen LogP) is 5.31. The molecule has 42 heavy (non-hydrogen) atoms. The number of ether oxygens (including phenoxy) is 2. The van der Waals surface area contributed by atoms with Gasteiger partial charge in [0.2, 0.25) is 18.6 Å². The van der Waals surface area contributed by atoms with Gasteiger partial charge in [0.1, 0.15) is 17.3 Å². The highest BCUT2D eigenvalue weighted by atomic mass is 35.5. The number of nitrogens with one attached hydrogen (secondary N) is 1. The minimum absolute atomic E-state index is 0.0819. The number of benzene rings is 2. The normalized spacial score (nSPS) is 17.3. The molecule has 4 aromatic rings. The van der Waals surface area contributed by atoms with Crippen molar-refractivity contribution in [2.75, 3.05) is 31.3 Å². The lowest BCUT2D eigenvalue weighted by Crippen LogP contribution is -2.54. The van der Waals surface area contributed by atoms with Crippen molar-refractivity contribution in [3.05, 3.63) is 87.5 Å². The Labute approximate surface area is 258 Å². The molecule has 2 unspecified atom stereocenters. The number of carbonyl (C=O) groups excluding carboxylic acids is 1. The van der Waals surface area contributed by atoms with Crippen molar-refractivity contribution in [3.8, 4) is 17.4 Å². The molecule has 6 rings (SSSR count). The average Bonchev–Trinajstić information content (AvgIpc) is 3.67. The van der Waals surface area contributed by atoms with Crippen LogP contribution in [0.5, 0.6) is 11.5 Å². The molecule has 2 aromatic heterocycles. The lowest BCUT2D eigenvalue weighted by atomic mass is 10.0. The van der Waals surface area contributed by atoms with E-state index in [9.17, 15) is 4.79 Å². The van der Waals surface area contributed by atoms with E-state index >= 15 is 0 Å². The average molecular weight is 629 g/mol. The first-order valence-electron chi connectivity index (χ1n) is 13.5. The molecule has 218 valence electrons. The second-order valence-corrected chi connectivity index (χ2v) is 11.5. The molecule has 2 aliphatic rings. The number of rotatable bonds is 8. The van der Waals surface area contributed by atoms with Crippen LogP contribution in [0.15, 0.2) is 61.2 Å². The maximum Gasteiger partial charge on any atom is 0.238 e. The van der Waals surface area contributed by atoms with Gasteiger partial charge in [-0.1, -0.05) is 46.9 Å². The number of imidazole rings is 1. The summed E-state index contributed by atoms with van der Waals surface area (Å²) in [6.45, 7) is 4.81. The topological polar surface area (TPSA) is 97.6 Å². The van der Waals surface area contributed by atoms with Crippen LogP contribution in [0.25, 0.3) is 5.95 Å². The van der Waals surface area contributed by atoms with Gasteiger partial charge < -0.3 is 19.7 Å². The molecule has 2 atom stereocenters. The Morgan fingerprint density at radius 2 is 1.90 bits per heavy atom. The minimum Gasteiger partial charge on any atom is -0.454 e. The number of piperazine rings is 1. The predicted molar refractivity (Wildman–Crippen MR) is 161 cm³/mol. The molecule has 0 radical (unpaired) electrons. The van der Waals surface area contributed by atoms with Crippen molar-refractivity contribution in [1.82, 2.24) is 29.7 Å². The Kier molecular flexibility index (Phi) is 8.39. The summed E-state index contributed by atoms with van der Waals surface area (Å²) in [6.07, 6.45) is 5.27. The Hall–Kier alpha value is -3.57. The molecule has 1 amide bonds. The van der Waals surface area contributed by atoms with Crippen LogP contribution in [0, 0.1) is 0 Å². The largest absolute Gasteiger partial charge is 0.454 e. The standard InChI is InChI=1S/C29H28Cl3N7O3/c1-18(20-3-5-24-25(11-20)42-17-41-24)34-28(40)12-21-15-37(14-19-2-4-22(30)23(31)10-19)8-9-39(21)27-13-26(32)35-29(36-27)38-7-6-33-16-38/h2-7,10-11,13,16,18,21H,8-9,12,14-15,17H2,1H3,(H,34,40). The molecule has 0 bridgehead atoms. The Balaban J connectivity index is 1.22. The molecular weight excluding hydrogens is 601 g/mol. The highest BCUT2D eigenvalue weighted by molar-refractivity contribution is 6.42. The zero-order valence-corrected chi connectivity index (χ0v) is 25.0. The quantitative estimate of drug-likeness (QED) is 0.262. The zero-order valence-electron chi connectivity index (χ0n) is 22.7. The van der Waals surface area contributed by atoms with Gasteiger partial charge in [-0.05, 0) is 42.3 Å². The van der Waals surface area contributed by atoms with E-state index in [0.717, 1.165) is 17.7 Å². The number of anilines is 1. The highest BCUT2D eigenvalue weighted by Gasteiger charge is 2.31. The van der Waals surface area contributed by atoms with Crippen LogP contribution in [-0.4, -0.2) is 62.8 Å². The number of carbonyl (C=O) groups is 1. The van der Waals surface area contributed by atoms with E-state index in [-0.39, 0.29) is 31.2 Å². The van der Waals surface area contributed by atoms with Crippen LogP contribution in [0.3, 0.4) is 0 Å². The van der Waals surface area contributed by atoms with Crippen molar-refractivity contribution in [2.24, 2.45) is 0 Å². The molecule has 0 aliphatic carbocycles. The van der Waals surface area contributed by atoms with Gasteiger partial charge in [0, 0.05) is 51.1 Å². The first-order chi connectivity index (χ1) is 20.3. The number of amides is 1. The maximum absolute atomic E-state index is 13.5. The van der Waals surface area contributed by atoms with E-state index in [1.54, 1.807) is 35.4 Å². The lowest BCUT2D eigenvalue weighted by molar-refractivity contribution is -0.122. The first kappa shape index (κ1) is 28.5. The van der Waals surface area contributed by atoms with Crippen molar-refractivity contribution in [2.45, 2.75) is 32.0 Å². The molecule has 4 heterocycles. The Morgan fingerprint density at radius 1 is 1.05 bits per heavy atom. The molecular formula is C29H28Cl3N7O3. The van der Waals surface area contributed by atoms with E-state index in [1.807, 2.05) is 37.3 Å². The smallest absolute Gasteiger partial charge is 0.238 e. The van der Waals surface area contributed by atoms with Gasteiger partial charge in [-0.2, -0.15) is 4.98 Å². The SMILES string of the molecule is CC(NC(=O)CC1CN(Cc2ccc(Cl)c(Cl)c2)CCN1c1cc(Cl)nc(-n2ccnc2)n1)c1ccc2c(c1)OCO2. The summed E-state index contributed by atoms with van der Waals surface area (Å²) < 4.78 is 12.6. The zero-order chi connectivity index (χ0) is 29.2. The van der Waals surface area contributed by atoms with Crippen molar-refractivity contribution in [1.29, 1.82) is 0 Å². The summed E-state index contributed by atoms with van der Waals surface area (Å²) >= 11 is 18.8. The van der Waals surface area contributed by atoms with Crippen molar-refractivity contribution < 1.29 is 14.3 Å². The number of nitrogens with zero attached hydrogens (tertiary/aromatic N) is 6. The second-order valence-electron chi connectivity index (χ2n) is 10.3. The Bertz CT molecular complexity index is 1590. The third kappa shape index (κ3) is 6.42. The third-order valence-electron chi connectivity index (χ3n) is 7.35. The fourth-order valence-corrected chi connectivity index (χ4v) is 5.74. The van der Waals surface area contributed by atoms with Crippen LogP contribution >= 0.6 is 34.8 Å². The molecule has 1 saturated heterocycles. The molecule has 0 spiro atoms. The molecule has 1 fully saturated rings. The van der Waals surface area contributed by atoms with Gasteiger partial charge in [-0.15, -0.1) is 0 Å². The van der Waals surface area contributed by atoms with Gasteiger partial charge in [-0.25, -0.2) is 9.97 Å². The molecule has 0 saturated carbocycles. The van der Waals surface area contributed by atoms with Gasteiger partial charge in [0.15, 0.2) is 11.5 Å². The summed E-state index contributed by atoms with van der Waals surface area (Å²) in [5.41, 5.74) is 1.98. The fraction of sp³-hybridized carbons (Fsp3) is 0.310.